The molecule has 60 heavy (non-hydrogen) atoms. The van der Waals surface area contributed by atoms with Gasteiger partial charge >= 0.3 is 5.97 Å². The van der Waals surface area contributed by atoms with Crippen molar-refractivity contribution in [2.24, 2.45) is 0 Å². The van der Waals surface area contributed by atoms with Crippen LogP contribution in [0, 0.1) is 0 Å². The summed E-state index contributed by atoms with van der Waals surface area (Å²) in [5.74, 6) is -0.297. The Bertz CT molecular complexity index is 2540. The van der Waals surface area contributed by atoms with Gasteiger partial charge in [0.2, 0.25) is 12.2 Å². The van der Waals surface area contributed by atoms with E-state index in [0.717, 1.165) is 22.1 Å². The zero-order chi connectivity index (χ0) is 41.8. The number of benzene rings is 6. The van der Waals surface area contributed by atoms with Gasteiger partial charge in [0, 0.05) is 12.1 Å². The molecule has 0 saturated heterocycles. The van der Waals surface area contributed by atoms with Crippen LogP contribution >= 0.6 is 0 Å². The highest BCUT2D eigenvalue weighted by atomic mass is 16.5. The molecule has 0 bridgehead atoms. The second kappa shape index (κ2) is 19.4. The molecule has 1 unspecified atom stereocenters. The van der Waals surface area contributed by atoms with Gasteiger partial charge in [0.1, 0.15) is 37.2 Å². The molecule has 10 nitrogen and oxygen atoms in total. The molecule has 0 amide bonds. The minimum absolute atomic E-state index is 0.0113. The number of ether oxygens (including phenoxy) is 6. The second-order valence-electron chi connectivity index (χ2n) is 13.9. The predicted molar refractivity (Wildman–Crippen MR) is 227 cm³/mol. The fourth-order valence-electron chi connectivity index (χ4n) is 6.99. The second-order valence-corrected chi connectivity index (χ2v) is 13.9. The Hall–Kier alpha value is -7.33. The summed E-state index contributed by atoms with van der Waals surface area (Å²) in [4.78, 5) is 28.5. The lowest BCUT2D eigenvalue weighted by Crippen LogP contribution is -2.45. The molecule has 7 rings (SSSR count). The zero-order valence-corrected chi connectivity index (χ0v) is 33.7. The summed E-state index contributed by atoms with van der Waals surface area (Å²) in [6.07, 6.45) is 1.75. The Labute approximate surface area is 349 Å². The van der Waals surface area contributed by atoms with Crippen LogP contribution in [0.1, 0.15) is 51.1 Å². The molecule has 6 aromatic carbocycles. The van der Waals surface area contributed by atoms with Crippen molar-refractivity contribution in [3.8, 4) is 34.5 Å². The van der Waals surface area contributed by atoms with Gasteiger partial charge in [-0.25, -0.2) is 4.79 Å². The highest BCUT2D eigenvalue weighted by Crippen LogP contribution is 2.41. The number of rotatable bonds is 18. The van der Waals surface area contributed by atoms with Crippen molar-refractivity contribution < 1.29 is 47.7 Å². The molecule has 0 aliphatic heterocycles. The van der Waals surface area contributed by atoms with Gasteiger partial charge < -0.3 is 33.5 Å². The van der Waals surface area contributed by atoms with E-state index in [-0.39, 0.29) is 42.6 Å². The Kier molecular flexibility index (Phi) is 13.2. The molecule has 1 atom stereocenters. The highest BCUT2D eigenvalue weighted by molar-refractivity contribution is 6.07. The molecule has 0 radical (unpaired) electrons. The van der Waals surface area contributed by atoms with Gasteiger partial charge in [-0.05, 0) is 64.9 Å². The number of methoxy groups -OCH3 is 2. The molecule has 1 aromatic heterocycles. The minimum atomic E-state index is -1.08. The van der Waals surface area contributed by atoms with E-state index in [0.29, 0.717) is 47.1 Å². The minimum Gasteiger partial charge on any atom is -0.507 e. The molecular formula is C50H46NO9+. The molecule has 0 saturated carbocycles. The molecule has 0 aliphatic rings. The molecule has 0 fully saturated rings. The van der Waals surface area contributed by atoms with Crippen LogP contribution in [-0.2, 0) is 35.9 Å². The maximum atomic E-state index is 15.3. The topological polar surface area (TPSA) is 114 Å². The van der Waals surface area contributed by atoms with E-state index in [1.807, 2.05) is 121 Å². The maximum Gasteiger partial charge on any atom is 0.372 e. The Balaban J connectivity index is 1.36. The fraction of sp³-hybridized carbons (Fsp3) is 0.180. The molecule has 10 heteroatoms. The van der Waals surface area contributed by atoms with Crippen molar-refractivity contribution >= 4 is 22.5 Å². The van der Waals surface area contributed by atoms with Crippen molar-refractivity contribution in [2.45, 2.75) is 39.2 Å². The van der Waals surface area contributed by atoms with Crippen LogP contribution in [0.15, 0.2) is 152 Å². The average Bonchev–Trinajstić information content (AvgIpc) is 3.28. The van der Waals surface area contributed by atoms with E-state index in [9.17, 15) is 9.90 Å². The lowest BCUT2D eigenvalue weighted by molar-refractivity contribution is -0.692. The number of aromatic hydroxyl groups is 1. The molecule has 1 heterocycles. The average molecular weight is 805 g/mol. The highest BCUT2D eigenvalue weighted by Gasteiger charge is 2.37. The van der Waals surface area contributed by atoms with E-state index in [1.165, 1.54) is 19.2 Å². The Morgan fingerprint density at radius 3 is 1.70 bits per heavy atom. The summed E-state index contributed by atoms with van der Waals surface area (Å²) in [5, 5.41) is 13.0. The smallest absolute Gasteiger partial charge is 0.372 e. The van der Waals surface area contributed by atoms with Crippen LogP contribution < -0.4 is 28.3 Å². The molecule has 0 spiro atoms. The summed E-state index contributed by atoms with van der Waals surface area (Å²) in [7, 11) is 3.03. The number of Topliss-reactive ketones (excluding diaryl/α,β-unsaturated/α-hetero) is 1. The number of esters is 1. The quantitative estimate of drug-likeness (QED) is 0.0516. The van der Waals surface area contributed by atoms with Gasteiger partial charge in [-0.3, -0.25) is 4.79 Å². The number of phenols is 1. The number of phenolic OH excluding ortho intramolecular Hbond substituents is 1. The molecule has 304 valence electrons. The molecule has 7 aromatic rings. The van der Waals surface area contributed by atoms with Crippen LogP contribution in [0.3, 0.4) is 0 Å². The fourth-order valence-corrected chi connectivity index (χ4v) is 6.99. The van der Waals surface area contributed by atoms with Gasteiger partial charge in [0.05, 0.1) is 31.8 Å². The number of pyridine rings is 1. The number of hydrogen-bond acceptors (Lipinski definition) is 9. The summed E-state index contributed by atoms with van der Waals surface area (Å²) in [6.45, 7) is 2.59. The van der Waals surface area contributed by atoms with Crippen LogP contribution in [0.4, 0.5) is 0 Å². The third kappa shape index (κ3) is 9.67. The van der Waals surface area contributed by atoms with E-state index >= 15 is 4.79 Å². The number of aromatic nitrogens is 1. The number of carbonyl (C=O) groups excluding carboxylic acids is 2. The van der Waals surface area contributed by atoms with Gasteiger partial charge in [-0.15, -0.1) is 0 Å². The third-order valence-corrected chi connectivity index (χ3v) is 9.98. The number of fused-ring (bicyclic) bond motifs is 1. The van der Waals surface area contributed by atoms with Gasteiger partial charge in [0.15, 0.2) is 35.0 Å². The Morgan fingerprint density at radius 1 is 0.617 bits per heavy atom. The normalized spacial score (nSPS) is 11.4. The van der Waals surface area contributed by atoms with Crippen LogP contribution in [0.5, 0.6) is 34.5 Å². The first-order chi connectivity index (χ1) is 29.3. The van der Waals surface area contributed by atoms with Gasteiger partial charge in [-0.1, -0.05) is 103 Å². The lowest BCUT2D eigenvalue weighted by Gasteiger charge is -2.20. The van der Waals surface area contributed by atoms with Crippen molar-refractivity contribution in [2.75, 3.05) is 20.8 Å². The van der Waals surface area contributed by atoms with E-state index in [4.69, 9.17) is 28.4 Å². The maximum absolute atomic E-state index is 15.3. The van der Waals surface area contributed by atoms with E-state index < -0.39 is 17.7 Å². The zero-order valence-electron chi connectivity index (χ0n) is 33.7. The van der Waals surface area contributed by atoms with Crippen molar-refractivity contribution in [1.29, 1.82) is 0 Å². The number of carbonyl (C=O) groups is 2. The number of hydrogen-bond donors (Lipinski definition) is 1. The van der Waals surface area contributed by atoms with Crippen LogP contribution in [0.2, 0.25) is 0 Å². The van der Waals surface area contributed by atoms with E-state index in [1.54, 1.807) is 36.9 Å². The van der Waals surface area contributed by atoms with Crippen molar-refractivity contribution in [1.82, 2.24) is 0 Å². The van der Waals surface area contributed by atoms with Gasteiger partial charge in [-0.2, -0.15) is 4.57 Å². The SMILES string of the molecule is CCOC(=O)C[n+]1ccc2cc(OCc3ccccc3)c(OC)cc2c1C(C(=O)c1cc(OC)c(OCc2ccccc2)cc1O)c1ccc(OCc2ccccc2)cc1. The summed E-state index contributed by atoms with van der Waals surface area (Å²) in [5.41, 5.74) is 3.92. The molecule has 0 aliphatic carbocycles. The van der Waals surface area contributed by atoms with Crippen LogP contribution in [0.25, 0.3) is 10.8 Å². The Morgan fingerprint density at radius 2 is 1.15 bits per heavy atom. The largest absolute Gasteiger partial charge is 0.507 e. The monoisotopic (exact) mass is 804 g/mol. The molecule has 1 N–H and O–H groups in total. The lowest BCUT2D eigenvalue weighted by atomic mass is 9.84. The first-order valence-corrected chi connectivity index (χ1v) is 19.6. The van der Waals surface area contributed by atoms with Crippen molar-refractivity contribution in [3.05, 3.63) is 185 Å². The predicted octanol–water partition coefficient (Wildman–Crippen LogP) is 9.17. The first kappa shape index (κ1) is 40.9. The van der Waals surface area contributed by atoms with Gasteiger partial charge in [0.25, 0.3) is 0 Å². The number of ketones is 1. The molecular weight excluding hydrogens is 759 g/mol. The van der Waals surface area contributed by atoms with Crippen molar-refractivity contribution in [3.63, 3.8) is 0 Å². The van der Waals surface area contributed by atoms with E-state index in [2.05, 4.69) is 0 Å². The first-order valence-electron chi connectivity index (χ1n) is 19.6. The summed E-state index contributed by atoms with van der Waals surface area (Å²) < 4.78 is 37.2. The third-order valence-electron chi connectivity index (χ3n) is 9.98. The number of nitrogens with zero attached hydrogens (tertiary/aromatic N) is 1. The summed E-state index contributed by atoms with van der Waals surface area (Å²) in [6, 6.07) is 44.8. The van der Waals surface area contributed by atoms with Crippen LogP contribution in [-0.4, -0.2) is 37.7 Å². The standard InChI is InChI=1S/C50H45NO9/c1-4-57-47(53)30-51-25-24-38-26-45(59-32-35-16-10-6-11-17-35)43(55-2)27-40(38)49(51)48(37-20-22-39(23-21-37)58-31-34-14-8-5-9-15-34)50(54)41-28-44(56-3)46(29-42(41)52)60-33-36-18-12-7-13-19-36/h5-29,48H,4,30-33H2,1-3H3/p+1. The summed E-state index contributed by atoms with van der Waals surface area (Å²) >= 11 is 0.